The van der Waals surface area contributed by atoms with Crippen molar-refractivity contribution in [2.24, 2.45) is 21.7 Å². The van der Waals surface area contributed by atoms with Gasteiger partial charge in [0.1, 0.15) is 17.2 Å². The van der Waals surface area contributed by atoms with E-state index in [0.717, 1.165) is 50.5 Å². The lowest BCUT2D eigenvalue weighted by atomic mass is 9.67. The third-order valence-corrected chi connectivity index (χ3v) is 10.3. The molecule has 2 heterocycles. The summed E-state index contributed by atoms with van der Waals surface area (Å²) in [5.74, 6) is -0.0447. The van der Waals surface area contributed by atoms with Gasteiger partial charge in [-0.3, -0.25) is 14.6 Å². The van der Waals surface area contributed by atoms with E-state index in [2.05, 4.69) is 67.5 Å². The molecule has 0 saturated heterocycles. The van der Waals surface area contributed by atoms with Crippen LogP contribution in [0.25, 0.3) is 0 Å². The highest BCUT2D eigenvalue weighted by molar-refractivity contribution is 6.47. The standard InChI is InChI=1S/C35H45ClFN7O2/c1-7-34(5,6)25-14-18-35(19-15-25)39-30(24-12-13-27(37)26(36)20-24)32(46)44(35)28(16-17-33(2,3)4)22-8-10-23(11-9-22)31(45)38-21-29-40-42-43-41-29/h8-13,20,25,28H,7,14-19,21H2,1-6H3,(H,38,45)(H,40,41,42,43)/t25?,28-,35?/m1/s1. The first kappa shape index (κ1) is 33.7. The van der Waals surface area contributed by atoms with Crippen LogP contribution >= 0.6 is 11.6 Å². The Hall–Kier alpha value is -3.66. The SMILES string of the molecule is CCC(C)(C)C1CCC2(CC1)N=C(c1ccc(F)c(Cl)c1)C(=O)N2[C@H](CCC(C)(C)C)c1ccc(C(=O)NCc2nn[nH]n2)cc1. The van der Waals surface area contributed by atoms with Gasteiger partial charge in [-0.1, -0.05) is 76.9 Å². The molecule has 0 bridgehead atoms. The summed E-state index contributed by atoms with van der Waals surface area (Å²) in [6.45, 7) is 13.6. The molecule has 246 valence electrons. The number of rotatable bonds is 10. The highest BCUT2D eigenvalue weighted by atomic mass is 35.5. The third kappa shape index (κ3) is 7.17. The van der Waals surface area contributed by atoms with Crippen LogP contribution in [0.5, 0.6) is 0 Å². The molecule has 1 aliphatic heterocycles. The highest BCUT2D eigenvalue weighted by Gasteiger charge is 2.53. The molecule has 1 spiro atoms. The van der Waals surface area contributed by atoms with Crippen molar-refractivity contribution in [2.75, 3.05) is 0 Å². The predicted octanol–water partition coefficient (Wildman–Crippen LogP) is 7.44. The number of aromatic nitrogens is 4. The molecular weight excluding hydrogens is 605 g/mol. The molecule has 9 nitrogen and oxygen atoms in total. The van der Waals surface area contributed by atoms with Crippen LogP contribution in [0.3, 0.4) is 0 Å². The number of amides is 2. The Kier molecular flexibility index (Phi) is 9.68. The largest absolute Gasteiger partial charge is 0.345 e. The predicted molar refractivity (Wildman–Crippen MR) is 177 cm³/mol. The fraction of sp³-hybridized carbons (Fsp3) is 0.543. The van der Waals surface area contributed by atoms with Gasteiger partial charge >= 0.3 is 0 Å². The monoisotopic (exact) mass is 649 g/mol. The summed E-state index contributed by atoms with van der Waals surface area (Å²) in [4.78, 5) is 34.7. The molecule has 2 aromatic carbocycles. The van der Waals surface area contributed by atoms with E-state index in [9.17, 15) is 14.0 Å². The molecule has 46 heavy (non-hydrogen) atoms. The minimum Gasteiger partial charge on any atom is -0.345 e. The van der Waals surface area contributed by atoms with Crippen LogP contribution < -0.4 is 5.32 Å². The summed E-state index contributed by atoms with van der Waals surface area (Å²) < 4.78 is 14.2. The number of aliphatic imine (C=N–C) groups is 1. The number of hydrogen-bond donors (Lipinski definition) is 2. The van der Waals surface area contributed by atoms with Gasteiger partial charge in [-0.2, -0.15) is 5.21 Å². The molecular formula is C35H45ClFN7O2. The summed E-state index contributed by atoms with van der Waals surface area (Å²) in [5.41, 5.74) is 1.78. The van der Waals surface area contributed by atoms with E-state index >= 15 is 0 Å². The normalized spacial score (nSPS) is 21.0. The quantitative estimate of drug-likeness (QED) is 0.237. The van der Waals surface area contributed by atoms with Gasteiger partial charge in [0.25, 0.3) is 11.8 Å². The number of nitrogens with one attached hydrogen (secondary N) is 2. The van der Waals surface area contributed by atoms with Gasteiger partial charge < -0.3 is 10.2 Å². The highest BCUT2D eigenvalue weighted by Crippen LogP contribution is 2.51. The Morgan fingerprint density at radius 2 is 1.83 bits per heavy atom. The molecule has 0 unspecified atom stereocenters. The molecule has 3 aromatic rings. The first-order valence-electron chi connectivity index (χ1n) is 16.2. The van der Waals surface area contributed by atoms with Crippen LogP contribution in [0.15, 0.2) is 47.5 Å². The molecule has 11 heteroatoms. The van der Waals surface area contributed by atoms with E-state index in [1.807, 2.05) is 17.0 Å². The zero-order valence-corrected chi connectivity index (χ0v) is 28.4. The summed E-state index contributed by atoms with van der Waals surface area (Å²) in [7, 11) is 0. The maximum Gasteiger partial charge on any atom is 0.275 e. The van der Waals surface area contributed by atoms with Crippen LogP contribution in [-0.4, -0.2) is 48.7 Å². The van der Waals surface area contributed by atoms with E-state index in [0.29, 0.717) is 28.6 Å². The van der Waals surface area contributed by atoms with Crippen molar-refractivity contribution in [2.45, 2.75) is 105 Å². The van der Waals surface area contributed by atoms with Crippen molar-refractivity contribution in [1.82, 2.24) is 30.8 Å². The number of tetrazole rings is 1. The van der Waals surface area contributed by atoms with Crippen molar-refractivity contribution in [3.8, 4) is 0 Å². The molecule has 5 rings (SSSR count). The van der Waals surface area contributed by atoms with Gasteiger partial charge in [0, 0.05) is 11.1 Å². The summed E-state index contributed by atoms with van der Waals surface area (Å²) in [6, 6.07) is 11.6. The van der Waals surface area contributed by atoms with Gasteiger partial charge in [-0.25, -0.2) is 4.39 Å². The van der Waals surface area contributed by atoms with Gasteiger partial charge in [0.05, 0.1) is 17.6 Å². The van der Waals surface area contributed by atoms with Crippen molar-refractivity contribution in [1.29, 1.82) is 0 Å². The molecule has 1 fully saturated rings. The maximum absolute atomic E-state index is 14.6. The Morgan fingerprint density at radius 3 is 2.41 bits per heavy atom. The second kappa shape index (κ2) is 13.2. The fourth-order valence-electron chi connectivity index (χ4n) is 6.77. The molecule has 1 saturated carbocycles. The second-order valence-electron chi connectivity index (χ2n) is 14.6. The van der Waals surface area contributed by atoms with Gasteiger partial charge in [0.2, 0.25) is 0 Å². The van der Waals surface area contributed by atoms with Crippen molar-refractivity contribution in [3.05, 3.63) is 75.8 Å². The average Bonchev–Trinajstić information content (AvgIpc) is 3.64. The van der Waals surface area contributed by atoms with E-state index in [-0.39, 0.29) is 40.3 Å². The average molecular weight is 650 g/mol. The first-order chi connectivity index (χ1) is 21.7. The number of H-pyrrole nitrogens is 1. The molecule has 0 radical (unpaired) electrons. The molecule has 2 amide bonds. The summed E-state index contributed by atoms with van der Waals surface area (Å²) in [6.07, 6.45) is 6.07. The number of nitrogens with zero attached hydrogens (tertiary/aromatic N) is 5. The van der Waals surface area contributed by atoms with E-state index in [1.54, 1.807) is 18.2 Å². The Morgan fingerprint density at radius 1 is 1.13 bits per heavy atom. The molecule has 2 N–H and O–H groups in total. The molecule has 1 atom stereocenters. The van der Waals surface area contributed by atoms with Crippen molar-refractivity contribution < 1.29 is 14.0 Å². The Labute approximate surface area is 275 Å². The number of carbonyl (C=O) groups is 2. The molecule has 2 aliphatic rings. The number of carbonyl (C=O) groups excluding carboxylic acids is 2. The third-order valence-electron chi connectivity index (χ3n) is 10.0. The molecule has 1 aromatic heterocycles. The van der Waals surface area contributed by atoms with Crippen LogP contribution in [-0.2, 0) is 11.3 Å². The van der Waals surface area contributed by atoms with Gasteiger partial charge in [-0.15, -0.1) is 10.2 Å². The van der Waals surface area contributed by atoms with Crippen LogP contribution in [0.4, 0.5) is 4.39 Å². The zero-order chi connectivity index (χ0) is 33.3. The topological polar surface area (TPSA) is 116 Å². The maximum atomic E-state index is 14.6. The van der Waals surface area contributed by atoms with Crippen molar-refractivity contribution >= 4 is 29.1 Å². The number of benzene rings is 2. The minimum atomic E-state index is -0.725. The number of aromatic amines is 1. The van der Waals surface area contributed by atoms with Crippen molar-refractivity contribution in [3.63, 3.8) is 0 Å². The Bertz CT molecular complexity index is 1570. The van der Waals surface area contributed by atoms with E-state index < -0.39 is 11.5 Å². The lowest BCUT2D eigenvalue weighted by Gasteiger charge is -2.48. The van der Waals surface area contributed by atoms with E-state index in [1.165, 1.54) is 12.1 Å². The number of hydrogen-bond acceptors (Lipinski definition) is 6. The first-order valence-corrected chi connectivity index (χ1v) is 16.6. The van der Waals surface area contributed by atoms with Crippen LogP contribution in [0.2, 0.25) is 5.02 Å². The summed E-state index contributed by atoms with van der Waals surface area (Å²) in [5, 5.41) is 16.4. The van der Waals surface area contributed by atoms with Crippen LogP contribution in [0, 0.1) is 22.6 Å². The van der Waals surface area contributed by atoms with Gasteiger partial charge in [-0.05, 0) is 91.2 Å². The van der Waals surface area contributed by atoms with Crippen LogP contribution in [0.1, 0.15) is 120 Å². The number of halogens is 2. The lowest BCUT2D eigenvalue weighted by molar-refractivity contribution is -0.134. The second-order valence-corrected chi connectivity index (χ2v) is 15.0. The zero-order valence-electron chi connectivity index (χ0n) is 27.7. The smallest absolute Gasteiger partial charge is 0.275 e. The minimum absolute atomic E-state index is 0.0279. The molecule has 1 aliphatic carbocycles. The van der Waals surface area contributed by atoms with Gasteiger partial charge in [0.15, 0.2) is 5.82 Å². The Balaban J connectivity index is 1.51. The summed E-state index contributed by atoms with van der Waals surface area (Å²) >= 11 is 6.19. The lowest BCUT2D eigenvalue weighted by Crippen LogP contribution is -2.51. The van der Waals surface area contributed by atoms with E-state index in [4.69, 9.17) is 16.6 Å². The fourth-order valence-corrected chi connectivity index (χ4v) is 6.95.